The zero-order valence-corrected chi connectivity index (χ0v) is 33.6. The molecule has 4 bridgehead atoms. The van der Waals surface area contributed by atoms with Gasteiger partial charge in [0.15, 0.2) is 0 Å². The summed E-state index contributed by atoms with van der Waals surface area (Å²) < 4.78 is 11.6. The number of rotatable bonds is 4. The molecule has 12 atom stereocenters. The molecule has 4 N–H and O–H groups in total. The molecule has 4 aliphatic carbocycles. The first-order chi connectivity index (χ1) is 24.8. The molecule has 0 amide bonds. The van der Waals surface area contributed by atoms with Gasteiger partial charge in [-0.1, -0.05) is 27.7 Å². The van der Waals surface area contributed by atoms with Crippen LogP contribution in [0, 0.1) is 58.2 Å². The Bertz CT molecular complexity index is 1150. The minimum absolute atomic E-state index is 0.0449. The third-order valence-electron chi connectivity index (χ3n) is 15.1. The van der Waals surface area contributed by atoms with Crippen LogP contribution in [0.5, 0.6) is 0 Å². The van der Waals surface area contributed by atoms with E-state index in [0.717, 1.165) is 77.0 Å². The van der Waals surface area contributed by atoms with Crippen LogP contribution in [-0.2, 0) is 28.7 Å². The van der Waals surface area contributed by atoms with Crippen LogP contribution in [0.4, 0.5) is 0 Å². The number of nitrogens with one attached hydrogen (secondary N) is 4. The number of esters is 2. The van der Waals surface area contributed by atoms with Crippen molar-refractivity contribution in [2.24, 2.45) is 58.2 Å². The van der Waals surface area contributed by atoms with Crippen molar-refractivity contribution in [3.63, 3.8) is 0 Å². The fourth-order valence-electron chi connectivity index (χ4n) is 13.3. The minimum atomic E-state index is -0.180. The van der Waals surface area contributed by atoms with E-state index >= 15 is 0 Å². The van der Waals surface area contributed by atoms with Crippen molar-refractivity contribution in [2.45, 2.75) is 181 Å². The summed E-state index contributed by atoms with van der Waals surface area (Å²) in [5.41, 5.74) is 7.77. The molecule has 10 nitrogen and oxygen atoms in total. The fraction of sp³-hybridized carbons (Fsp3) is 0.952. The molecule has 6 heterocycles. The Balaban J connectivity index is 1.22. The molecule has 6 aliphatic heterocycles. The van der Waals surface area contributed by atoms with Crippen LogP contribution in [0.1, 0.15) is 132 Å². The van der Waals surface area contributed by atoms with Crippen molar-refractivity contribution in [1.82, 2.24) is 21.6 Å². The van der Waals surface area contributed by atoms with E-state index in [-0.39, 0.29) is 94.7 Å². The molecule has 0 aromatic heterocycles. The molecule has 10 heteroatoms. The van der Waals surface area contributed by atoms with E-state index in [1.54, 1.807) is 0 Å². The van der Waals surface area contributed by atoms with Gasteiger partial charge < -0.3 is 20.1 Å². The average molecular weight is 729 g/mol. The first-order valence-electron chi connectivity index (χ1n) is 21.5. The van der Waals surface area contributed by atoms with Crippen LogP contribution in [0.3, 0.4) is 0 Å². The predicted octanol–water partition coefficient (Wildman–Crippen LogP) is 6.08. The van der Waals surface area contributed by atoms with Gasteiger partial charge in [-0.2, -0.15) is 11.0 Å². The van der Waals surface area contributed by atoms with Crippen molar-refractivity contribution in [2.75, 3.05) is 13.2 Å². The maximum atomic E-state index is 13.8. The summed E-state index contributed by atoms with van der Waals surface area (Å²) >= 11 is 0. The summed E-state index contributed by atoms with van der Waals surface area (Å²) in [6.07, 6.45) is 12.5. The van der Waals surface area contributed by atoms with Crippen molar-refractivity contribution in [3.05, 3.63) is 0 Å². The lowest BCUT2D eigenvalue weighted by atomic mass is 9.54. The molecule has 12 unspecified atom stereocenters. The van der Waals surface area contributed by atoms with E-state index in [2.05, 4.69) is 63.1 Å². The molecule has 0 aromatic carbocycles. The zero-order valence-electron chi connectivity index (χ0n) is 33.6. The first kappa shape index (κ1) is 39.0. The summed E-state index contributed by atoms with van der Waals surface area (Å²) in [6, 6.07) is 1.04. The van der Waals surface area contributed by atoms with E-state index in [4.69, 9.17) is 19.1 Å². The SMILES string of the molecule is CCOC(=O)C1C(C)NC2CC(C)(C)CC3NOC4CCC(CC4)C4C(C(=O)OCC)C(C)NC5CC(C)(C)CC(NOC6CCC(CC6)C1C32)C54. The first-order valence-corrected chi connectivity index (χ1v) is 21.5. The number of hydrogen-bond acceptors (Lipinski definition) is 10. The molecule has 296 valence electrons. The van der Waals surface area contributed by atoms with Crippen LogP contribution >= 0.6 is 0 Å². The van der Waals surface area contributed by atoms with Crippen LogP contribution in [-0.4, -0.2) is 73.6 Å². The Labute approximate surface area is 314 Å². The topological polar surface area (TPSA) is 119 Å². The number of piperidine rings is 2. The number of carbonyl (C=O) groups excluding carboxylic acids is 2. The second kappa shape index (κ2) is 15.7. The summed E-state index contributed by atoms with van der Waals surface area (Å²) in [5, 5.41) is 7.91. The van der Waals surface area contributed by atoms with Crippen LogP contribution in [0.2, 0.25) is 0 Å². The Morgan fingerprint density at radius 1 is 0.558 bits per heavy atom. The maximum Gasteiger partial charge on any atom is 0.310 e. The van der Waals surface area contributed by atoms with Crippen molar-refractivity contribution >= 4 is 11.9 Å². The zero-order chi connectivity index (χ0) is 36.9. The molecular formula is C42H72N4O6. The van der Waals surface area contributed by atoms with E-state index in [0.29, 0.717) is 37.1 Å². The fourth-order valence-corrected chi connectivity index (χ4v) is 13.3. The smallest absolute Gasteiger partial charge is 0.310 e. The lowest BCUT2D eigenvalue weighted by Gasteiger charge is -2.58. The van der Waals surface area contributed by atoms with Gasteiger partial charge in [-0.15, -0.1) is 0 Å². The second-order valence-electron chi connectivity index (χ2n) is 19.9. The second-order valence-corrected chi connectivity index (χ2v) is 19.9. The number of carbonyl (C=O) groups is 2. The number of hydroxylamine groups is 2. The van der Waals surface area contributed by atoms with Crippen molar-refractivity contribution < 1.29 is 28.7 Å². The Morgan fingerprint density at radius 3 is 1.25 bits per heavy atom. The number of ether oxygens (including phenoxy) is 2. The van der Waals surface area contributed by atoms with Gasteiger partial charge in [-0.05, 0) is 151 Å². The number of hydrogen-bond donors (Lipinski definition) is 4. The molecule has 4 saturated carbocycles. The molecular weight excluding hydrogens is 656 g/mol. The highest BCUT2D eigenvalue weighted by Gasteiger charge is 2.58. The van der Waals surface area contributed by atoms with Gasteiger partial charge in [0.2, 0.25) is 0 Å². The quantitative estimate of drug-likeness (QED) is 0.254. The third-order valence-corrected chi connectivity index (χ3v) is 15.1. The Kier molecular flexibility index (Phi) is 11.7. The van der Waals surface area contributed by atoms with Gasteiger partial charge in [0.1, 0.15) is 0 Å². The molecule has 10 aliphatic rings. The van der Waals surface area contributed by atoms with Gasteiger partial charge in [0.05, 0.1) is 37.3 Å². The van der Waals surface area contributed by atoms with E-state index in [9.17, 15) is 9.59 Å². The summed E-state index contributed by atoms with van der Waals surface area (Å²) in [5.74, 6) is 1.38. The van der Waals surface area contributed by atoms with Gasteiger partial charge in [-0.3, -0.25) is 19.3 Å². The molecule has 52 heavy (non-hydrogen) atoms. The van der Waals surface area contributed by atoms with E-state index < -0.39 is 0 Å². The lowest BCUT2D eigenvalue weighted by Crippen LogP contribution is -2.68. The largest absolute Gasteiger partial charge is 0.466 e. The predicted molar refractivity (Wildman–Crippen MR) is 201 cm³/mol. The van der Waals surface area contributed by atoms with Crippen molar-refractivity contribution in [3.8, 4) is 0 Å². The molecule has 10 fully saturated rings. The molecule has 0 aromatic rings. The Morgan fingerprint density at radius 2 is 0.904 bits per heavy atom. The van der Waals surface area contributed by atoms with Gasteiger partial charge in [0.25, 0.3) is 0 Å². The highest BCUT2D eigenvalue weighted by Crippen LogP contribution is 2.54. The molecule has 10 rings (SSSR count). The molecule has 0 radical (unpaired) electrons. The highest BCUT2D eigenvalue weighted by molar-refractivity contribution is 5.74. The van der Waals surface area contributed by atoms with Crippen LogP contribution in [0.25, 0.3) is 0 Å². The van der Waals surface area contributed by atoms with Crippen LogP contribution < -0.4 is 21.6 Å². The average Bonchev–Trinajstić information content (AvgIpc) is 3.07. The maximum absolute atomic E-state index is 13.8. The standard InChI is InChI=1S/C42H72N4O6/c1-9-49-39(47)33-23(3)43-29-19-41(5,6)21-31-37(29)35(33)25-11-15-27(16-12-25)52-46-32-22-42(7,8)20-30-38(32)36(26-13-17-28(18-14-26)51-45-31)34(24(4)44-30)40(48)50-10-2/h23-38,43-46H,9-22H2,1-8H3. The van der Waals surface area contributed by atoms with Crippen molar-refractivity contribution in [1.29, 1.82) is 0 Å². The molecule has 0 spiro atoms. The summed E-state index contributed by atoms with van der Waals surface area (Å²) in [6.45, 7) is 18.7. The van der Waals surface area contributed by atoms with Gasteiger partial charge in [0, 0.05) is 36.3 Å². The highest BCUT2D eigenvalue weighted by atomic mass is 16.7. The minimum Gasteiger partial charge on any atom is -0.466 e. The third kappa shape index (κ3) is 7.86. The summed E-state index contributed by atoms with van der Waals surface area (Å²) in [4.78, 5) is 41.2. The van der Waals surface area contributed by atoms with Gasteiger partial charge in [-0.25, -0.2) is 0 Å². The molecule has 6 saturated heterocycles. The van der Waals surface area contributed by atoms with Crippen LogP contribution in [0.15, 0.2) is 0 Å². The lowest BCUT2D eigenvalue weighted by molar-refractivity contribution is -0.171. The normalized spacial score (nSPS) is 47.2. The van der Waals surface area contributed by atoms with E-state index in [1.165, 1.54) is 0 Å². The summed E-state index contributed by atoms with van der Waals surface area (Å²) in [7, 11) is 0. The van der Waals surface area contributed by atoms with E-state index in [1.807, 2.05) is 13.8 Å². The monoisotopic (exact) mass is 729 g/mol. The van der Waals surface area contributed by atoms with Gasteiger partial charge >= 0.3 is 11.9 Å². The Hall–Kier alpha value is -1.30.